The van der Waals surface area contributed by atoms with Crippen molar-refractivity contribution < 1.29 is 42.6 Å². The first-order valence-electron chi connectivity index (χ1n) is 13.2. The molecule has 5 atom stereocenters. The third kappa shape index (κ3) is 5.46. The maximum Gasteiger partial charge on any atom is 0.472 e. The van der Waals surface area contributed by atoms with Crippen molar-refractivity contribution in [3.8, 4) is 11.8 Å². The lowest BCUT2D eigenvalue weighted by molar-refractivity contribution is 0.0440. The molecule has 2 fully saturated rings. The van der Waals surface area contributed by atoms with Crippen molar-refractivity contribution in [1.82, 2.24) is 24.9 Å². The summed E-state index contributed by atoms with van der Waals surface area (Å²) in [5, 5.41) is 10.6. The molecule has 0 bridgehead atoms. The summed E-state index contributed by atoms with van der Waals surface area (Å²) in [7, 11) is -3.57. The number of halogens is 1. The van der Waals surface area contributed by atoms with Crippen LogP contribution in [-0.4, -0.2) is 77.9 Å². The highest BCUT2D eigenvalue weighted by molar-refractivity contribution is 7.46. The molecule has 0 radical (unpaired) electrons. The Hall–Kier alpha value is -3.99. The van der Waals surface area contributed by atoms with E-state index in [1.807, 2.05) is 0 Å². The molecule has 1 aromatic carbocycles. The zero-order chi connectivity index (χ0) is 30.8. The molecule has 2 aliphatic rings. The maximum absolute atomic E-state index is 15.0. The number of carbonyl (C=O) groups is 1. The summed E-state index contributed by atoms with van der Waals surface area (Å²) in [5.74, 6) is 0.428. The van der Waals surface area contributed by atoms with E-state index in [4.69, 9.17) is 30.0 Å². The predicted octanol–water partition coefficient (Wildman–Crippen LogP) is 2.45. The van der Waals surface area contributed by atoms with Gasteiger partial charge in [-0.1, -0.05) is 6.92 Å². The Morgan fingerprint density at radius 2 is 2.02 bits per heavy atom. The molecule has 1 saturated carbocycles. The fourth-order valence-corrected chi connectivity index (χ4v) is 5.74. The second-order valence-corrected chi connectivity index (χ2v) is 11.8. The number of anilines is 2. The molecule has 3 aromatic heterocycles. The molecule has 1 aliphatic heterocycles. The van der Waals surface area contributed by atoms with Gasteiger partial charge in [-0.05, 0) is 31.4 Å². The van der Waals surface area contributed by atoms with Crippen molar-refractivity contribution in [1.29, 1.82) is 0 Å². The van der Waals surface area contributed by atoms with Gasteiger partial charge in [0.05, 0.1) is 41.1 Å². The van der Waals surface area contributed by atoms with Crippen molar-refractivity contribution in [3.05, 3.63) is 36.2 Å². The largest absolute Gasteiger partial charge is 0.472 e. The number of phosphoric acid groups is 1. The van der Waals surface area contributed by atoms with Crippen molar-refractivity contribution >= 4 is 47.4 Å². The van der Waals surface area contributed by atoms with E-state index < -0.39 is 32.6 Å². The molecular formula is C25H28FN8O8P. The van der Waals surface area contributed by atoms with Crippen LogP contribution in [0.3, 0.4) is 0 Å². The normalized spacial score (nSPS) is 22.1. The summed E-state index contributed by atoms with van der Waals surface area (Å²) in [6.07, 6.45) is 1.59. The number of fused-ring (bicyclic) bond motifs is 4. The van der Waals surface area contributed by atoms with Gasteiger partial charge in [-0.25, -0.2) is 28.2 Å². The van der Waals surface area contributed by atoms with Crippen LogP contribution < -0.4 is 20.3 Å². The highest BCUT2D eigenvalue weighted by atomic mass is 31.2. The first-order chi connectivity index (χ1) is 20.3. The smallest absolute Gasteiger partial charge is 0.421 e. The molecule has 0 spiro atoms. The van der Waals surface area contributed by atoms with Crippen molar-refractivity contribution in [3.63, 3.8) is 0 Å². The average molecular weight is 619 g/mol. The summed E-state index contributed by atoms with van der Waals surface area (Å²) in [6, 6.07) is 2.60. The molecule has 1 amide bonds. The number of nitrogens with one attached hydrogen (secondary N) is 1. The number of amides is 1. The van der Waals surface area contributed by atoms with Crippen LogP contribution in [0.15, 0.2) is 24.5 Å². The third-order valence-corrected chi connectivity index (χ3v) is 8.13. The first kappa shape index (κ1) is 29.1. The first-order valence-corrected chi connectivity index (χ1v) is 14.7. The third-order valence-electron chi connectivity index (χ3n) is 7.69. The lowest BCUT2D eigenvalue weighted by Gasteiger charge is -2.19. The van der Waals surface area contributed by atoms with E-state index in [-0.39, 0.29) is 53.0 Å². The number of hydrogen-bond acceptors (Lipinski definition) is 12. The molecule has 4 heterocycles. The van der Waals surface area contributed by atoms with Crippen LogP contribution in [0.2, 0.25) is 0 Å². The van der Waals surface area contributed by atoms with Gasteiger partial charge in [-0.2, -0.15) is 9.97 Å². The van der Waals surface area contributed by atoms with E-state index >= 15 is 4.39 Å². The number of benzene rings is 1. The molecule has 1 saturated heterocycles. The van der Waals surface area contributed by atoms with Crippen LogP contribution in [0.4, 0.5) is 20.7 Å². The monoisotopic (exact) mass is 618 g/mol. The molecule has 16 nitrogen and oxygen atoms in total. The zero-order valence-corrected chi connectivity index (χ0v) is 24.0. The number of hydrogen-bond donors (Lipinski definition) is 5. The lowest BCUT2D eigenvalue weighted by Crippen LogP contribution is -2.31. The minimum Gasteiger partial charge on any atom is -0.421 e. The van der Waals surface area contributed by atoms with Crippen molar-refractivity contribution in [2.24, 2.45) is 11.7 Å². The Balaban J connectivity index is 1.42. The van der Waals surface area contributed by atoms with E-state index in [0.29, 0.717) is 22.1 Å². The van der Waals surface area contributed by atoms with E-state index in [1.54, 1.807) is 0 Å². The fraction of sp³-hybridized carbons (Fsp3) is 0.400. The summed E-state index contributed by atoms with van der Waals surface area (Å²) in [6.45, 7) is 2.58. The highest BCUT2D eigenvalue weighted by Gasteiger charge is 2.59. The van der Waals surface area contributed by atoms with Gasteiger partial charge in [-0.3, -0.25) is 4.90 Å². The number of nitrogens with zero attached hydrogens (tertiary/aromatic N) is 6. The number of phosphoric ester groups is 1. The van der Waals surface area contributed by atoms with Gasteiger partial charge in [-0.15, -0.1) is 0 Å². The van der Waals surface area contributed by atoms with Crippen LogP contribution >= 0.6 is 7.82 Å². The van der Waals surface area contributed by atoms with Crippen molar-refractivity contribution in [2.45, 2.75) is 44.5 Å². The summed E-state index contributed by atoms with van der Waals surface area (Å²) in [5.41, 5.74) is 6.94. The zero-order valence-electron chi connectivity index (χ0n) is 23.1. The topological polar surface area (TPSA) is 222 Å². The summed E-state index contributed by atoms with van der Waals surface area (Å²) < 4.78 is 40.8. The molecule has 18 heteroatoms. The Labute approximate surface area is 242 Å². The molecular weight excluding hydrogens is 590 g/mol. The van der Waals surface area contributed by atoms with E-state index in [9.17, 15) is 14.5 Å². The number of H-pyrrole nitrogens is 1. The van der Waals surface area contributed by atoms with E-state index in [0.717, 1.165) is 17.4 Å². The number of aromatic nitrogens is 5. The fourth-order valence-electron chi connectivity index (χ4n) is 5.55. The molecule has 6 N–H and O–H groups in total. The van der Waals surface area contributed by atoms with E-state index in [1.165, 1.54) is 32.4 Å². The second-order valence-electron chi connectivity index (χ2n) is 10.5. The lowest BCUT2D eigenvalue weighted by atomic mass is 10.1. The van der Waals surface area contributed by atoms with Gasteiger partial charge < -0.3 is 40.0 Å². The maximum atomic E-state index is 15.0. The summed E-state index contributed by atoms with van der Waals surface area (Å²) >= 11 is 0. The Morgan fingerprint density at radius 1 is 1.30 bits per heavy atom. The number of nitrogens with two attached hydrogens (primary N) is 1. The number of ether oxygens (including phenoxy) is 2. The van der Waals surface area contributed by atoms with Gasteiger partial charge in [0.1, 0.15) is 23.4 Å². The molecule has 6 rings (SSSR count). The molecule has 1 aliphatic carbocycles. The minimum absolute atomic E-state index is 0.0325. The minimum atomic E-state index is -4.87. The van der Waals surface area contributed by atoms with Crippen LogP contribution in [0, 0.1) is 11.7 Å². The van der Waals surface area contributed by atoms with Crippen LogP contribution in [-0.2, 0) is 13.8 Å². The number of aliphatic hydroxyl groups is 1. The van der Waals surface area contributed by atoms with Crippen LogP contribution in [0.25, 0.3) is 21.9 Å². The molecule has 43 heavy (non-hydrogen) atoms. The summed E-state index contributed by atoms with van der Waals surface area (Å²) in [4.78, 5) is 53.9. The van der Waals surface area contributed by atoms with Gasteiger partial charge >= 0.3 is 19.9 Å². The van der Waals surface area contributed by atoms with Crippen molar-refractivity contribution in [2.75, 3.05) is 23.6 Å². The SMILES string of the molecule is C[C@@H]1C2[C@H](C[C@H]1N)N2c1nc(Oc2cnc([C@@H](C)O)nc2)nc2[nH]c3c(N(C)C(=O)OCOP(=O)(O)O)cc(F)cc3c12. The number of carbonyl (C=O) groups excluding carboxylic acids is 1. The Bertz CT molecular complexity index is 1770. The van der Waals surface area contributed by atoms with Gasteiger partial charge in [0, 0.05) is 18.5 Å². The Morgan fingerprint density at radius 3 is 2.65 bits per heavy atom. The number of aromatic amines is 1. The number of rotatable bonds is 8. The molecule has 1 unspecified atom stereocenters. The molecule has 228 valence electrons. The van der Waals surface area contributed by atoms with Gasteiger partial charge in [0.2, 0.25) is 6.79 Å². The van der Waals surface area contributed by atoms with Gasteiger partial charge in [0.15, 0.2) is 11.6 Å². The number of piperidine rings is 1. The standard InChI is InChI=1S/C25H28FN8O8P/c1-10-15(27)6-17-20(10)34(17)23-18-14-4-12(26)5-16(33(3)25(36)40-9-41-43(37,38)39)19(14)30-22(18)31-24(32-23)42-13-7-28-21(11(2)35)29-8-13/h4-5,7-8,10-11,15,17,20,35H,6,9,27H2,1-3H3,(H,30,31,32)(H2,37,38,39)/t10-,11+,15+,17-,20?,34?/m0/s1. The van der Waals surface area contributed by atoms with Crippen LogP contribution in [0.1, 0.15) is 32.2 Å². The highest BCUT2D eigenvalue weighted by Crippen LogP contribution is 2.51. The number of aliphatic hydroxyl groups excluding tert-OH is 1. The second kappa shape index (κ2) is 10.6. The molecule has 4 aromatic rings. The Kier molecular flexibility index (Phi) is 7.19. The average Bonchev–Trinajstić information content (AvgIpc) is 3.40. The van der Waals surface area contributed by atoms with Crippen LogP contribution in [0.5, 0.6) is 11.8 Å². The quantitative estimate of drug-likeness (QED) is 0.109. The van der Waals surface area contributed by atoms with Gasteiger partial charge in [0.25, 0.3) is 0 Å². The predicted molar refractivity (Wildman–Crippen MR) is 149 cm³/mol. The van der Waals surface area contributed by atoms with E-state index in [2.05, 4.69) is 36.3 Å².